The molecule has 0 amide bonds. The lowest BCUT2D eigenvalue weighted by atomic mass is 9.95. The molecule has 3 unspecified atom stereocenters. The van der Waals surface area contributed by atoms with E-state index in [1.807, 2.05) is 6.92 Å². The van der Waals surface area contributed by atoms with Crippen molar-refractivity contribution in [2.24, 2.45) is 5.73 Å². The van der Waals surface area contributed by atoms with Crippen LogP contribution >= 0.6 is 0 Å². The van der Waals surface area contributed by atoms with Gasteiger partial charge in [0.15, 0.2) is 0 Å². The van der Waals surface area contributed by atoms with Crippen LogP contribution in [0, 0.1) is 0 Å². The minimum absolute atomic E-state index is 0.359. The maximum atomic E-state index is 9.84. The molecule has 0 aliphatic carbocycles. The van der Waals surface area contributed by atoms with Gasteiger partial charge in [-0.2, -0.15) is 0 Å². The molecule has 1 aliphatic rings. The first-order valence-corrected chi connectivity index (χ1v) is 6.64. The average Bonchev–Trinajstić information content (AvgIpc) is 2.22. The second-order valence-corrected chi connectivity index (χ2v) is 5.67. The summed E-state index contributed by atoms with van der Waals surface area (Å²) < 4.78 is 0. The Morgan fingerprint density at radius 2 is 1.88 bits per heavy atom. The van der Waals surface area contributed by atoms with E-state index in [0.717, 1.165) is 19.4 Å². The standard InChI is InChI=1S/C13H28N2O/c1-11-6-4-7-12(2)15(11)9-5-8-13(3,16)10-14/h11-12,16H,4-10,14H2,1-3H3. The highest BCUT2D eigenvalue weighted by Crippen LogP contribution is 2.23. The van der Waals surface area contributed by atoms with Crippen LogP contribution in [0.2, 0.25) is 0 Å². The first-order chi connectivity index (χ1) is 7.46. The summed E-state index contributed by atoms with van der Waals surface area (Å²) >= 11 is 0. The van der Waals surface area contributed by atoms with Gasteiger partial charge in [-0.1, -0.05) is 6.42 Å². The van der Waals surface area contributed by atoms with Crippen molar-refractivity contribution in [1.82, 2.24) is 4.90 Å². The number of hydrogen-bond acceptors (Lipinski definition) is 3. The third kappa shape index (κ3) is 4.04. The molecule has 3 atom stereocenters. The lowest BCUT2D eigenvalue weighted by Crippen LogP contribution is -2.44. The average molecular weight is 228 g/mol. The van der Waals surface area contributed by atoms with Gasteiger partial charge in [0.25, 0.3) is 0 Å². The van der Waals surface area contributed by atoms with Crippen molar-refractivity contribution < 1.29 is 5.11 Å². The van der Waals surface area contributed by atoms with E-state index in [-0.39, 0.29) is 0 Å². The first-order valence-electron chi connectivity index (χ1n) is 6.64. The molecule has 1 fully saturated rings. The van der Waals surface area contributed by atoms with Crippen molar-refractivity contribution >= 4 is 0 Å². The molecule has 1 rings (SSSR count). The fourth-order valence-corrected chi connectivity index (χ4v) is 2.66. The largest absolute Gasteiger partial charge is 0.389 e. The molecule has 0 aromatic heterocycles. The molecular weight excluding hydrogens is 200 g/mol. The zero-order valence-electron chi connectivity index (χ0n) is 11.1. The third-order valence-electron chi connectivity index (χ3n) is 3.95. The van der Waals surface area contributed by atoms with Crippen molar-refractivity contribution in [2.45, 2.75) is 70.6 Å². The molecule has 1 aliphatic heterocycles. The molecule has 1 saturated heterocycles. The molecule has 0 aromatic rings. The van der Waals surface area contributed by atoms with E-state index >= 15 is 0 Å². The second-order valence-electron chi connectivity index (χ2n) is 5.67. The third-order valence-corrected chi connectivity index (χ3v) is 3.95. The summed E-state index contributed by atoms with van der Waals surface area (Å²) in [6.45, 7) is 7.92. The molecule has 16 heavy (non-hydrogen) atoms. The Kier molecular flexibility index (Phi) is 5.22. The van der Waals surface area contributed by atoms with Crippen molar-refractivity contribution in [2.75, 3.05) is 13.1 Å². The topological polar surface area (TPSA) is 49.5 Å². The minimum atomic E-state index is -0.678. The number of rotatable bonds is 5. The van der Waals surface area contributed by atoms with E-state index in [0.29, 0.717) is 18.6 Å². The van der Waals surface area contributed by atoms with Gasteiger partial charge in [-0.05, 0) is 53.0 Å². The van der Waals surface area contributed by atoms with Crippen LogP contribution in [0.1, 0.15) is 52.9 Å². The van der Waals surface area contributed by atoms with Crippen LogP contribution in [0.15, 0.2) is 0 Å². The highest BCUT2D eigenvalue weighted by Gasteiger charge is 2.25. The summed E-state index contributed by atoms with van der Waals surface area (Å²) in [6.07, 6.45) is 5.84. The van der Waals surface area contributed by atoms with Crippen LogP contribution in [-0.4, -0.2) is 40.8 Å². The maximum absolute atomic E-state index is 9.84. The number of piperidine rings is 1. The Labute approximate surface area is 100 Å². The molecule has 0 aromatic carbocycles. The van der Waals surface area contributed by atoms with Crippen LogP contribution in [0.4, 0.5) is 0 Å². The SMILES string of the molecule is CC1CCCC(C)N1CCCC(C)(O)CN. The van der Waals surface area contributed by atoms with Crippen molar-refractivity contribution in [1.29, 1.82) is 0 Å². The normalized spacial score (nSPS) is 31.3. The van der Waals surface area contributed by atoms with Crippen LogP contribution in [0.25, 0.3) is 0 Å². The summed E-state index contributed by atoms with van der Waals surface area (Å²) in [5.41, 5.74) is 4.84. The lowest BCUT2D eigenvalue weighted by Gasteiger charge is -2.39. The van der Waals surface area contributed by atoms with E-state index in [1.54, 1.807) is 0 Å². The van der Waals surface area contributed by atoms with Gasteiger partial charge in [0.2, 0.25) is 0 Å². The van der Waals surface area contributed by atoms with Gasteiger partial charge in [-0.3, -0.25) is 4.90 Å². The Bertz CT molecular complexity index is 196. The summed E-state index contributed by atoms with van der Waals surface area (Å²) in [5, 5.41) is 9.84. The van der Waals surface area contributed by atoms with E-state index in [2.05, 4.69) is 18.7 Å². The molecule has 0 spiro atoms. The monoisotopic (exact) mass is 228 g/mol. The molecule has 3 nitrogen and oxygen atoms in total. The van der Waals surface area contributed by atoms with Crippen LogP contribution in [0.3, 0.4) is 0 Å². The highest BCUT2D eigenvalue weighted by atomic mass is 16.3. The minimum Gasteiger partial charge on any atom is -0.389 e. The smallest absolute Gasteiger partial charge is 0.0741 e. The van der Waals surface area contributed by atoms with Crippen molar-refractivity contribution in [3.8, 4) is 0 Å². The highest BCUT2D eigenvalue weighted by molar-refractivity contribution is 4.81. The predicted octanol–water partition coefficient (Wildman–Crippen LogP) is 1.74. The zero-order chi connectivity index (χ0) is 12.2. The van der Waals surface area contributed by atoms with Crippen LogP contribution < -0.4 is 5.73 Å². The molecule has 0 radical (unpaired) electrons. The molecule has 3 heteroatoms. The van der Waals surface area contributed by atoms with Crippen molar-refractivity contribution in [3.63, 3.8) is 0 Å². The Balaban J connectivity index is 2.30. The zero-order valence-corrected chi connectivity index (χ0v) is 11.1. The second kappa shape index (κ2) is 5.99. The predicted molar refractivity (Wildman–Crippen MR) is 68.4 cm³/mol. The first kappa shape index (κ1) is 13.9. The van der Waals surface area contributed by atoms with E-state index in [1.165, 1.54) is 19.3 Å². The number of likely N-dealkylation sites (tertiary alicyclic amines) is 1. The number of nitrogens with two attached hydrogens (primary N) is 1. The molecule has 3 N–H and O–H groups in total. The van der Waals surface area contributed by atoms with Gasteiger partial charge in [-0.15, -0.1) is 0 Å². The molecule has 1 heterocycles. The van der Waals surface area contributed by atoms with Crippen molar-refractivity contribution in [3.05, 3.63) is 0 Å². The van der Waals surface area contributed by atoms with E-state index in [4.69, 9.17) is 5.73 Å². The van der Waals surface area contributed by atoms with E-state index in [9.17, 15) is 5.11 Å². The number of aliphatic hydroxyl groups is 1. The van der Waals surface area contributed by atoms with Gasteiger partial charge in [-0.25, -0.2) is 0 Å². The van der Waals surface area contributed by atoms with Gasteiger partial charge in [0.1, 0.15) is 0 Å². The quantitative estimate of drug-likeness (QED) is 0.753. The van der Waals surface area contributed by atoms with Gasteiger partial charge in [0, 0.05) is 18.6 Å². The summed E-state index contributed by atoms with van der Waals surface area (Å²) in [4.78, 5) is 2.58. The van der Waals surface area contributed by atoms with Crippen LogP contribution in [0.5, 0.6) is 0 Å². The summed E-state index contributed by atoms with van der Waals surface area (Å²) in [7, 11) is 0. The molecular formula is C13H28N2O. The van der Waals surface area contributed by atoms with E-state index < -0.39 is 5.60 Å². The molecule has 0 saturated carbocycles. The van der Waals surface area contributed by atoms with Gasteiger partial charge in [0.05, 0.1) is 5.60 Å². The molecule has 0 bridgehead atoms. The lowest BCUT2D eigenvalue weighted by molar-refractivity contribution is 0.0444. The number of hydrogen-bond donors (Lipinski definition) is 2. The fraction of sp³-hybridized carbons (Fsp3) is 1.00. The Morgan fingerprint density at radius 1 is 1.31 bits per heavy atom. The Morgan fingerprint density at radius 3 is 2.38 bits per heavy atom. The van der Waals surface area contributed by atoms with Gasteiger partial charge >= 0.3 is 0 Å². The van der Waals surface area contributed by atoms with Crippen LogP contribution in [-0.2, 0) is 0 Å². The maximum Gasteiger partial charge on any atom is 0.0741 e. The number of nitrogens with zero attached hydrogens (tertiary/aromatic N) is 1. The fourth-order valence-electron chi connectivity index (χ4n) is 2.66. The van der Waals surface area contributed by atoms with Gasteiger partial charge < -0.3 is 10.8 Å². The molecule has 96 valence electrons. The Hall–Kier alpha value is -0.120. The summed E-state index contributed by atoms with van der Waals surface area (Å²) in [5.74, 6) is 0. The summed E-state index contributed by atoms with van der Waals surface area (Å²) in [6, 6.07) is 1.40.